The third-order valence-corrected chi connectivity index (χ3v) is 5.67. The lowest BCUT2D eigenvalue weighted by Crippen LogP contribution is -2.32. The van der Waals surface area contributed by atoms with Gasteiger partial charge in [0.05, 0.1) is 27.9 Å². The molecular formula is C15H18N8O2S2. The molecule has 1 amide bonds. The van der Waals surface area contributed by atoms with Gasteiger partial charge in [0.2, 0.25) is 11.1 Å². The minimum absolute atomic E-state index is 0.166. The van der Waals surface area contributed by atoms with Crippen molar-refractivity contribution in [2.24, 2.45) is 7.05 Å². The third kappa shape index (κ3) is 4.77. The highest BCUT2D eigenvalue weighted by Gasteiger charge is 2.11. The van der Waals surface area contributed by atoms with Gasteiger partial charge in [0.15, 0.2) is 0 Å². The van der Waals surface area contributed by atoms with Crippen LogP contribution in [0.15, 0.2) is 22.1 Å². The highest BCUT2D eigenvalue weighted by Crippen LogP contribution is 2.27. The van der Waals surface area contributed by atoms with Gasteiger partial charge < -0.3 is 5.32 Å². The number of amides is 1. The number of tetrazole rings is 1. The zero-order chi connectivity index (χ0) is 19.4. The summed E-state index contributed by atoms with van der Waals surface area (Å²) in [5.41, 5.74) is 1.37. The number of thioether (sulfide) groups is 1. The zero-order valence-corrected chi connectivity index (χ0v) is 16.7. The molecule has 0 unspecified atom stereocenters. The Bertz CT molecular complexity index is 1010. The number of hydrogen-bond donors (Lipinski definition) is 1. The maximum Gasteiger partial charge on any atom is 0.266 e. The normalized spacial score (nSPS) is 10.9. The Labute approximate surface area is 163 Å². The molecule has 3 aromatic heterocycles. The average Bonchev–Trinajstić information content (AvgIpc) is 3.19. The summed E-state index contributed by atoms with van der Waals surface area (Å²) in [5.74, 6) is 0.0248. The van der Waals surface area contributed by atoms with Crippen molar-refractivity contribution in [3.63, 3.8) is 0 Å². The van der Waals surface area contributed by atoms with E-state index >= 15 is 0 Å². The highest BCUT2D eigenvalue weighted by atomic mass is 32.2. The second-order valence-corrected chi connectivity index (χ2v) is 7.80. The molecule has 0 atom stereocenters. The van der Waals surface area contributed by atoms with Gasteiger partial charge in [0.25, 0.3) is 5.56 Å². The van der Waals surface area contributed by atoms with Crippen molar-refractivity contribution in [2.45, 2.75) is 25.5 Å². The lowest BCUT2D eigenvalue weighted by Gasteiger charge is -2.08. The number of thiazole rings is 1. The third-order valence-electron chi connectivity index (χ3n) is 3.56. The predicted octanol–water partition coefficient (Wildman–Crippen LogP) is 0.416. The molecule has 3 heterocycles. The first-order chi connectivity index (χ1) is 12.9. The molecule has 0 aliphatic carbocycles. The van der Waals surface area contributed by atoms with Crippen molar-refractivity contribution < 1.29 is 4.79 Å². The molecule has 0 saturated heterocycles. The summed E-state index contributed by atoms with van der Waals surface area (Å²) in [6.07, 6.45) is 0. The molecule has 12 heteroatoms. The number of rotatable bonds is 7. The van der Waals surface area contributed by atoms with Crippen molar-refractivity contribution in [1.82, 2.24) is 40.3 Å². The lowest BCUT2D eigenvalue weighted by molar-refractivity contribution is -0.118. The van der Waals surface area contributed by atoms with E-state index in [0.717, 1.165) is 15.6 Å². The maximum absolute atomic E-state index is 12.0. The first-order valence-corrected chi connectivity index (χ1v) is 9.88. The molecule has 0 spiro atoms. The number of nitrogens with zero attached hydrogens (tertiary/aromatic N) is 7. The van der Waals surface area contributed by atoms with E-state index in [1.165, 1.54) is 38.5 Å². The van der Waals surface area contributed by atoms with Gasteiger partial charge in [0, 0.05) is 19.7 Å². The fourth-order valence-corrected chi connectivity index (χ4v) is 3.89. The Kier molecular flexibility index (Phi) is 5.96. The van der Waals surface area contributed by atoms with Crippen molar-refractivity contribution >= 4 is 29.0 Å². The number of hydrogen-bond acceptors (Lipinski definition) is 9. The van der Waals surface area contributed by atoms with Crippen molar-refractivity contribution in [3.8, 4) is 10.6 Å². The van der Waals surface area contributed by atoms with Gasteiger partial charge in [-0.25, -0.2) is 14.3 Å². The molecule has 0 saturated carbocycles. The van der Waals surface area contributed by atoms with Crippen molar-refractivity contribution in [3.05, 3.63) is 33.2 Å². The molecular weight excluding hydrogens is 388 g/mol. The predicted molar refractivity (Wildman–Crippen MR) is 102 cm³/mol. The SMILES string of the molecule is Cc1nc(C)c(-c2ccc(=O)n(CCNC(=O)CSc3nnnn3C)n2)s1. The summed E-state index contributed by atoms with van der Waals surface area (Å²) in [4.78, 5) is 29.3. The number of carbonyl (C=O) groups excluding carboxylic acids is 1. The van der Waals surface area contributed by atoms with Crippen molar-refractivity contribution in [2.75, 3.05) is 12.3 Å². The molecule has 142 valence electrons. The Hall–Kier alpha value is -2.60. The summed E-state index contributed by atoms with van der Waals surface area (Å²) in [5, 5.41) is 19.7. The van der Waals surface area contributed by atoms with Crippen LogP contribution in [0.2, 0.25) is 0 Å². The molecule has 10 nitrogen and oxygen atoms in total. The number of nitrogens with one attached hydrogen (secondary N) is 1. The van der Waals surface area contributed by atoms with Crippen LogP contribution in [0.25, 0.3) is 10.6 Å². The van der Waals surface area contributed by atoms with Crippen LogP contribution in [0.1, 0.15) is 10.7 Å². The van der Waals surface area contributed by atoms with Crippen LogP contribution < -0.4 is 10.9 Å². The highest BCUT2D eigenvalue weighted by molar-refractivity contribution is 7.99. The fraction of sp³-hybridized carbons (Fsp3) is 0.400. The van der Waals surface area contributed by atoms with Crippen LogP contribution in [-0.2, 0) is 18.4 Å². The molecule has 3 rings (SSSR count). The quantitative estimate of drug-likeness (QED) is 0.560. The molecule has 0 aliphatic rings. The van der Waals surface area contributed by atoms with Gasteiger partial charge in [-0.15, -0.1) is 16.4 Å². The Balaban J connectivity index is 1.57. The lowest BCUT2D eigenvalue weighted by atomic mass is 10.3. The molecule has 0 aliphatic heterocycles. The van der Waals surface area contributed by atoms with Crippen molar-refractivity contribution in [1.29, 1.82) is 0 Å². The molecule has 1 N–H and O–H groups in total. The van der Waals surface area contributed by atoms with Gasteiger partial charge >= 0.3 is 0 Å². The second kappa shape index (κ2) is 8.39. The Morgan fingerprint density at radius 3 is 2.81 bits per heavy atom. The summed E-state index contributed by atoms with van der Waals surface area (Å²) in [6, 6.07) is 3.18. The average molecular weight is 406 g/mol. The molecule has 0 aromatic carbocycles. The minimum Gasteiger partial charge on any atom is -0.354 e. The summed E-state index contributed by atoms with van der Waals surface area (Å²) in [6.45, 7) is 4.43. The van der Waals surface area contributed by atoms with Gasteiger partial charge in [-0.3, -0.25) is 9.59 Å². The van der Waals surface area contributed by atoms with Crippen LogP contribution in [0, 0.1) is 13.8 Å². The zero-order valence-electron chi connectivity index (χ0n) is 15.0. The molecule has 0 fully saturated rings. The van der Waals surface area contributed by atoms with Gasteiger partial charge in [-0.1, -0.05) is 11.8 Å². The number of carbonyl (C=O) groups is 1. The van der Waals surface area contributed by atoms with Gasteiger partial charge in [-0.05, 0) is 30.3 Å². The van der Waals surface area contributed by atoms with Crippen LogP contribution in [0.4, 0.5) is 0 Å². The molecule has 0 radical (unpaired) electrons. The maximum atomic E-state index is 12.0. The topological polar surface area (TPSA) is 120 Å². The van der Waals surface area contributed by atoms with Gasteiger partial charge in [-0.2, -0.15) is 5.10 Å². The van der Waals surface area contributed by atoms with Crippen LogP contribution in [-0.4, -0.2) is 53.2 Å². The first-order valence-electron chi connectivity index (χ1n) is 8.08. The standard InChI is InChI=1S/C15H18N8O2S2/c1-9-14(27-10(2)17-9)11-4-5-13(25)23(19-11)7-6-16-12(24)8-26-15-18-20-21-22(15)3/h4-5H,6-8H2,1-3H3,(H,16,24). The summed E-state index contributed by atoms with van der Waals surface area (Å²) < 4.78 is 2.85. The van der Waals surface area contributed by atoms with E-state index < -0.39 is 0 Å². The monoisotopic (exact) mass is 406 g/mol. The summed E-state index contributed by atoms with van der Waals surface area (Å²) >= 11 is 2.78. The van der Waals surface area contributed by atoms with Gasteiger partial charge in [0.1, 0.15) is 5.69 Å². The largest absolute Gasteiger partial charge is 0.354 e. The van der Waals surface area contributed by atoms with E-state index in [9.17, 15) is 9.59 Å². The smallest absolute Gasteiger partial charge is 0.266 e. The number of aryl methyl sites for hydroxylation is 3. The number of aromatic nitrogens is 7. The first kappa shape index (κ1) is 19.2. The minimum atomic E-state index is -0.216. The van der Waals surface area contributed by atoms with E-state index in [2.05, 4.69) is 30.9 Å². The van der Waals surface area contributed by atoms with Crippen LogP contribution in [0.3, 0.4) is 0 Å². The van der Waals surface area contributed by atoms with Crippen LogP contribution >= 0.6 is 23.1 Å². The van der Waals surface area contributed by atoms with E-state index in [4.69, 9.17) is 0 Å². The second-order valence-electron chi connectivity index (χ2n) is 5.65. The molecule has 3 aromatic rings. The van der Waals surface area contributed by atoms with E-state index in [1.807, 2.05) is 13.8 Å². The van der Waals surface area contributed by atoms with E-state index in [-0.39, 0.29) is 23.8 Å². The Morgan fingerprint density at radius 2 is 2.15 bits per heavy atom. The summed E-state index contributed by atoms with van der Waals surface area (Å²) in [7, 11) is 1.71. The fourth-order valence-electron chi connectivity index (χ4n) is 2.33. The Morgan fingerprint density at radius 1 is 1.33 bits per heavy atom. The molecule has 27 heavy (non-hydrogen) atoms. The van der Waals surface area contributed by atoms with E-state index in [1.54, 1.807) is 13.1 Å². The van der Waals surface area contributed by atoms with Crippen LogP contribution in [0.5, 0.6) is 0 Å². The molecule has 0 bridgehead atoms. The van der Waals surface area contributed by atoms with E-state index in [0.29, 0.717) is 17.4 Å².